The molecule has 0 atom stereocenters. The van der Waals surface area contributed by atoms with Crippen LogP contribution in [-0.4, -0.2) is 35.7 Å². The Bertz CT molecular complexity index is 650. The molecule has 0 radical (unpaired) electrons. The van der Waals surface area contributed by atoms with Gasteiger partial charge in [0, 0.05) is 18.5 Å². The molecule has 112 valence electrons. The number of aromatic amines is 1. The van der Waals surface area contributed by atoms with Gasteiger partial charge in [0.2, 0.25) is 5.91 Å². The average molecular weight is 307 g/mol. The van der Waals surface area contributed by atoms with E-state index in [0.717, 1.165) is 36.1 Å². The molecule has 1 aliphatic rings. The van der Waals surface area contributed by atoms with Crippen molar-refractivity contribution in [3.8, 4) is 0 Å². The molecule has 6 heteroatoms. The van der Waals surface area contributed by atoms with E-state index in [4.69, 9.17) is 0 Å². The van der Waals surface area contributed by atoms with Crippen molar-refractivity contribution in [1.82, 2.24) is 20.8 Å². The van der Waals surface area contributed by atoms with E-state index in [1.54, 1.807) is 0 Å². The molecule has 1 amide bonds. The fourth-order valence-corrected chi connectivity index (χ4v) is 2.41. The predicted molar refractivity (Wildman–Crippen MR) is 85.6 cm³/mol. The van der Waals surface area contributed by atoms with Crippen LogP contribution in [0.25, 0.3) is 10.9 Å². The smallest absolute Gasteiger partial charge is 0.226 e. The summed E-state index contributed by atoms with van der Waals surface area (Å²) in [5.74, 6) is 0.0267. The number of carbonyl (C=O) groups excluding carboxylic acids is 1. The molecule has 3 N–H and O–H groups in total. The number of H-pyrrole nitrogens is 1. The first kappa shape index (κ1) is 15.5. The molecule has 3 rings (SSSR count). The van der Waals surface area contributed by atoms with E-state index < -0.39 is 0 Å². The zero-order valence-electron chi connectivity index (χ0n) is 11.7. The van der Waals surface area contributed by atoms with Crippen LogP contribution in [0.2, 0.25) is 0 Å². The minimum Gasteiger partial charge on any atom is -0.352 e. The zero-order valence-corrected chi connectivity index (χ0v) is 12.5. The van der Waals surface area contributed by atoms with Crippen molar-refractivity contribution in [2.24, 2.45) is 0 Å². The van der Waals surface area contributed by atoms with Gasteiger partial charge in [-0.15, -0.1) is 12.4 Å². The van der Waals surface area contributed by atoms with E-state index in [1.807, 2.05) is 24.3 Å². The Morgan fingerprint density at radius 2 is 2.19 bits per heavy atom. The van der Waals surface area contributed by atoms with Crippen molar-refractivity contribution in [2.75, 3.05) is 19.6 Å². The van der Waals surface area contributed by atoms with Gasteiger partial charge < -0.3 is 10.6 Å². The van der Waals surface area contributed by atoms with Crippen molar-refractivity contribution >= 4 is 29.2 Å². The third-order valence-corrected chi connectivity index (χ3v) is 3.55. The number of rotatable bonds is 4. The third-order valence-electron chi connectivity index (χ3n) is 3.55. The normalized spacial score (nSPS) is 14.4. The molecule has 5 nitrogen and oxygen atoms in total. The van der Waals surface area contributed by atoms with Gasteiger partial charge in [0.15, 0.2) is 0 Å². The minimum atomic E-state index is 0. The first-order valence-electron chi connectivity index (χ1n) is 6.90. The minimum absolute atomic E-state index is 0. The topological polar surface area (TPSA) is 69.8 Å². The van der Waals surface area contributed by atoms with E-state index >= 15 is 0 Å². The largest absolute Gasteiger partial charge is 0.352 e. The maximum atomic E-state index is 12.0. The van der Waals surface area contributed by atoms with Crippen LogP contribution in [0.1, 0.15) is 12.1 Å². The number of nitrogens with one attached hydrogen (secondary N) is 3. The Morgan fingerprint density at radius 1 is 1.33 bits per heavy atom. The summed E-state index contributed by atoms with van der Waals surface area (Å²) in [6.07, 6.45) is 3.49. The predicted octanol–water partition coefficient (Wildman–Crippen LogP) is 1.56. The van der Waals surface area contributed by atoms with E-state index in [9.17, 15) is 4.79 Å². The quantitative estimate of drug-likeness (QED) is 0.751. The average Bonchev–Trinajstić information content (AvgIpc) is 2.90. The zero-order chi connectivity index (χ0) is 13.8. The lowest BCUT2D eigenvalue weighted by molar-refractivity contribution is -0.120. The number of hydrogen-bond donors (Lipinski definition) is 3. The molecule has 2 heterocycles. The molecule has 0 fully saturated rings. The first-order valence-corrected chi connectivity index (χ1v) is 6.90. The molecule has 2 aromatic rings. The molecule has 0 spiro atoms. The highest BCUT2D eigenvalue weighted by Gasteiger charge is 2.10. The van der Waals surface area contributed by atoms with Crippen molar-refractivity contribution in [3.05, 3.63) is 41.6 Å². The lowest BCUT2D eigenvalue weighted by Gasteiger charge is -2.14. The second-order valence-electron chi connectivity index (χ2n) is 4.99. The number of amides is 1. The maximum Gasteiger partial charge on any atom is 0.226 e. The van der Waals surface area contributed by atoms with Gasteiger partial charge in [-0.05, 0) is 19.0 Å². The lowest BCUT2D eigenvalue weighted by Crippen LogP contribution is -2.30. The molecule has 1 aliphatic heterocycles. The van der Waals surface area contributed by atoms with Gasteiger partial charge in [0.25, 0.3) is 0 Å². The van der Waals surface area contributed by atoms with Crippen LogP contribution in [0.3, 0.4) is 0 Å². The Balaban J connectivity index is 0.00000161. The Labute approximate surface area is 129 Å². The summed E-state index contributed by atoms with van der Waals surface area (Å²) in [4.78, 5) is 12.0. The Morgan fingerprint density at radius 3 is 3.00 bits per heavy atom. The molecule has 1 aromatic carbocycles. The molecule has 0 bridgehead atoms. The van der Waals surface area contributed by atoms with Gasteiger partial charge in [0.05, 0.1) is 17.6 Å². The highest BCUT2D eigenvalue weighted by Crippen LogP contribution is 2.15. The highest BCUT2D eigenvalue weighted by atomic mass is 35.5. The van der Waals surface area contributed by atoms with Crippen LogP contribution in [0.5, 0.6) is 0 Å². The Kier molecular flexibility index (Phi) is 5.36. The van der Waals surface area contributed by atoms with Crippen LogP contribution in [0.4, 0.5) is 0 Å². The van der Waals surface area contributed by atoms with E-state index in [2.05, 4.69) is 26.9 Å². The van der Waals surface area contributed by atoms with Crippen LogP contribution < -0.4 is 10.6 Å². The summed E-state index contributed by atoms with van der Waals surface area (Å²) in [6, 6.07) is 7.82. The number of benzene rings is 1. The number of aromatic nitrogens is 2. The van der Waals surface area contributed by atoms with Crippen LogP contribution in [0, 0.1) is 0 Å². The van der Waals surface area contributed by atoms with Gasteiger partial charge in [-0.25, -0.2) is 0 Å². The standard InChI is InChI=1S/C15H18N4O.ClH/c20-15(17-10-11-5-7-16-8-6-11)9-14-12-3-1-2-4-13(12)18-19-14;/h1-5,16H,6-10H2,(H,17,20)(H,18,19);1H. The second kappa shape index (κ2) is 7.24. The second-order valence-corrected chi connectivity index (χ2v) is 4.99. The van der Waals surface area contributed by atoms with Crippen LogP contribution >= 0.6 is 12.4 Å². The Hall–Kier alpha value is -1.85. The molecule has 0 unspecified atom stereocenters. The monoisotopic (exact) mass is 306 g/mol. The summed E-state index contributed by atoms with van der Waals surface area (Å²) in [5.41, 5.74) is 3.07. The highest BCUT2D eigenvalue weighted by molar-refractivity contribution is 5.87. The summed E-state index contributed by atoms with van der Waals surface area (Å²) in [5, 5.41) is 14.4. The van der Waals surface area contributed by atoms with E-state index in [0.29, 0.717) is 13.0 Å². The van der Waals surface area contributed by atoms with Crippen LogP contribution in [-0.2, 0) is 11.2 Å². The number of halogens is 1. The number of para-hydroxylation sites is 1. The molecule has 21 heavy (non-hydrogen) atoms. The van der Waals surface area contributed by atoms with Gasteiger partial charge >= 0.3 is 0 Å². The van der Waals surface area contributed by atoms with Crippen molar-refractivity contribution < 1.29 is 4.79 Å². The summed E-state index contributed by atoms with van der Waals surface area (Å²) in [7, 11) is 0. The fraction of sp³-hybridized carbons (Fsp3) is 0.333. The molecule has 0 saturated carbocycles. The number of nitrogens with zero attached hydrogens (tertiary/aromatic N) is 1. The SMILES string of the molecule is Cl.O=C(Cc1[nH]nc2ccccc12)NCC1=CCNCC1. The van der Waals surface area contributed by atoms with E-state index in [1.165, 1.54) is 5.57 Å². The van der Waals surface area contributed by atoms with Gasteiger partial charge in [-0.2, -0.15) is 5.10 Å². The lowest BCUT2D eigenvalue weighted by atomic mass is 10.1. The molecular weight excluding hydrogens is 288 g/mol. The van der Waals surface area contributed by atoms with Gasteiger partial charge in [-0.1, -0.05) is 29.8 Å². The van der Waals surface area contributed by atoms with Crippen molar-refractivity contribution in [2.45, 2.75) is 12.8 Å². The van der Waals surface area contributed by atoms with Crippen molar-refractivity contribution in [3.63, 3.8) is 0 Å². The number of hydrogen-bond acceptors (Lipinski definition) is 3. The first-order chi connectivity index (χ1) is 9.83. The number of fused-ring (bicyclic) bond motifs is 1. The summed E-state index contributed by atoms with van der Waals surface area (Å²) in [6.45, 7) is 2.54. The van der Waals surface area contributed by atoms with Crippen molar-refractivity contribution in [1.29, 1.82) is 0 Å². The van der Waals surface area contributed by atoms with Gasteiger partial charge in [0.1, 0.15) is 0 Å². The molecule has 1 aromatic heterocycles. The fourth-order valence-electron chi connectivity index (χ4n) is 2.41. The molecule has 0 saturated heterocycles. The maximum absolute atomic E-state index is 12.0. The van der Waals surface area contributed by atoms with Crippen LogP contribution in [0.15, 0.2) is 35.9 Å². The number of carbonyl (C=O) groups is 1. The molecule has 0 aliphatic carbocycles. The summed E-state index contributed by atoms with van der Waals surface area (Å²) < 4.78 is 0. The van der Waals surface area contributed by atoms with E-state index in [-0.39, 0.29) is 18.3 Å². The third kappa shape index (κ3) is 3.83. The molecular formula is C15H19ClN4O. The summed E-state index contributed by atoms with van der Waals surface area (Å²) >= 11 is 0. The van der Waals surface area contributed by atoms with Gasteiger partial charge in [-0.3, -0.25) is 9.89 Å².